The highest BCUT2D eigenvalue weighted by atomic mass is 32.1. The van der Waals surface area contributed by atoms with E-state index in [1.54, 1.807) is 11.3 Å². The van der Waals surface area contributed by atoms with Crippen LogP contribution in [0.1, 0.15) is 57.2 Å². The Hall–Kier alpha value is -0.860. The highest BCUT2D eigenvalue weighted by Crippen LogP contribution is 2.36. The van der Waals surface area contributed by atoms with Crippen molar-refractivity contribution in [1.29, 1.82) is 0 Å². The van der Waals surface area contributed by atoms with Gasteiger partial charge in [-0.1, -0.05) is 57.2 Å². The first-order valence-corrected chi connectivity index (χ1v) is 8.16. The van der Waals surface area contributed by atoms with Crippen LogP contribution in [0.2, 0.25) is 0 Å². The van der Waals surface area contributed by atoms with E-state index in [0.717, 1.165) is 17.7 Å². The Labute approximate surface area is 120 Å². The highest BCUT2D eigenvalue weighted by molar-refractivity contribution is 7.19. The van der Waals surface area contributed by atoms with Gasteiger partial charge in [-0.2, -0.15) is 0 Å². The third-order valence-electron chi connectivity index (χ3n) is 3.72. The molecule has 0 spiro atoms. The summed E-state index contributed by atoms with van der Waals surface area (Å²) >= 11 is 1.72. The standard InChI is InChI=1S/C17H24OS/c1-3-4-5-6-9-12-17(2,18)16-13-14-10-7-8-11-15(14)19-16/h7-8,10-11,13,18H,3-6,9,12H2,1-2H3. The van der Waals surface area contributed by atoms with Crippen molar-refractivity contribution in [2.45, 2.75) is 58.0 Å². The minimum absolute atomic E-state index is 0.671. The molecule has 1 unspecified atom stereocenters. The molecular formula is C17H24OS. The van der Waals surface area contributed by atoms with E-state index in [4.69, 9.17) is 0 Å². The Morgan fingerprint density at radius 1 is 1.11 bits per heavy atom. The topological polar surface area (TPSA) is 20.2 Å². The molecule has 2 heteroatoms. The fourth-order valence-corrected chi connectivity index (χ4v) is 3.58. The monoisotopic (exact) mass is 276 g/mol. The third-order valence-corrected chi connectivity index (χ3v) is 5.09. The molecule has 0 aliphatic rings. The molecule has 0 saturated carbocycles. The predicted molar refractivity (Wildman–Crippen MR) is 84.8 cm³/mol. The van der Waals surface area contributed by atoms with Crippen LogP contribution >= 0.6 is 11.3 Å². The minimum atomic E-state index is -0.671. The zero-order valence-electron chi connectivity index (χ0n) is 12.0. The molecule has 0 bridgehead atoms. The average Bonchev–Trinajstić information content (AvgIpc) is 2.83. The van der Waals surface area contributed by atoms with Crippen LogP contribution in [0.15, 0.2) is 30.3 Å². The van der Waals surface area contributed by atoms with E-state index in [2.05, 4.69) is 37.3 Å². The lowest BCUT2D eigenvalue weighted by atomic mass is 9.96. The van der Waals surface area contributed by atoms with Crippen molar-refractivity contribution in [3.8, 4) is 0 Å². The Kier molecular flexibility index (Phi) is 5.00. The summed E-state index contributed by atoms with van der Waals surface area (Å²) in [7, 11) is 0. The van der Waals surface area contributed by atoms with Crippen LogP contribution in [0.25, 0.3) is 10.1 Å². The van der Waals surface area contributed by atoms with Crippen molar-refractivity contribution in [2.75, 3.05) is 0 Å². The molecule has 0 saturated heterocycles. The molecule has 0 radical (unpaired) electrons. The van der Waals surface area contributed by atoms with E-state index in [0.29, 0.717) is 0 Å². The van der Waals surface area contributed by atoms with E-state index >= 15 is 0 Å². The van der Waals surface area contributed by atoms with Gasteiger partial charge >= 0.3 is 0 Å². The van der Waals surface area contributed by atoms with Crippen LogP contribution in [0.3, 0.4) is 0 Å². The number of rotatable bonds is 7. The summed E-state index contributed by atoms with van der Waals surface area (Å²) in [6.45, 7) is 4.19. The lowest BCUT2D eigenvalue weighted by Crippen LogP contribution is -2.19. The van der Waals surface area contributed by atoms with Gasteiger partial charge in [-0.3, -0.25) is 0 Å². The van der Waals surface area contributed by atoms with E-state index in [-0.39, 0.29) is 0 Å². The summed E-state index contributed by atoms with van der Waals surface area (Å²) in [5.41, 5.74) is -0.671. The Bertz CT molecular complexity index is 480. The van der Waals surface area contributed by atoms with E-state index in [1.165, 1.54) is 35.8 Å². The van der Waals surface area contributed by atoms with Crippen LogP contribution < -0.4 is 0 Å². The van der Waals surface area contributed by atoms with Crippen molar-refractivity contribution in [3.63, 3.8) is 0 Å². The van der Waals surface area contributed by atoms with Crippen LogP contribution in [0.4, 0.5) is 0 Å². The van der Waals surface area contributed by atoms with Crippen molar-refractivity contribution in [3.05, 3.63) is 35.2 Å². The van der Waals surface area contributed by atoms with Crippen LogP contribution in [-0.4, -0.2) is 5.11 Å². The first kappa shape index (κ1) is 14.5. The average molecular weight is 276 g/mol. The molecule has 0 fully saturated rings. The van der Waals surface area contributed by atoms with Gasteiger partial charge in [0.25, 0.3) is 0 Å². The normalized spacial score (nSPS) is 14.7. The summed E-state index contributed by atoms with van der Waals surface area (Å²) in [6, 6.07) is 10.5. The lowest BCUT2D eigenvalue weighted by molar-refractivity contribution is 0.0486. The zero-order valence-corrected chi connectivity index (χ0v) is 12.8. The molecule has 2 rings (SSSR count). The molecule has 104 valence electrons. The van der Waals surface area contributed by atoms with Crippen LogP contribution in [-0.2, 0) is 5.60 Å². The summed E-state index contributed by atoms with van der Waals surface area (Å²) < 4.78 is 1.27. The maximum absolute atomic E-state index is 10.7. The molecule has 1 aromatic heterocycles. The molecule has 0 amide bonds. The third kappa shape index (κ3) is 3.80. The summed E-state index contributed by atoms with van der Waals surface area (Å²) in [6.07, 6.45) is 7.08. The summed E-state index contributed by atoms with van der Waals surface area (Å²) in [5.74, 6) is 0. The maximum Gasteiger partial charge on any atom is 0.0960 e. The second kappa shape index (κ2) is 6.53. The zero-order chi connectivity index (χ0) is 13.7. The summed E-state index contributed by atoms with van der Waals surface area (Å²) in [4.78, 5) is 1.10. The molecule has 0 aliphatic heterocycles. The molecule has 1 heterocycles. The highest BCUT2D eigenvalue weighted by Gasteiger charge is 2.24. The van der Waals surface area contributed by atoms with E-state index in [1.807, 2.05) is 6.92 Å². The molecular weight excluding hydrogens is 252 g/mol. The number of hydrogen-bond acceptors (Lipinski definition) is 2. The van der Waals surface area contributed by atoms with Crippen molar-refractivity contribution < 1.29 is 5.11 Å². The fraction of sp³-hybridized carbons (Fsp3) is 0.529. The lowest BCUT2D eigenvalue weighted by Gasteiger charge is -2.21. The summed E-state index contributed by atoms with van der Waals surface area (Å²) in [5, 5.41) is 11.9. The van der Waals surface area contributed by atoms with Gasteiger partial charge in [-0.25, -0.2) is 0 Å². The second-order valence-corrected chi connectivity index (χ2v) is 6.67. The molecule has 1 aromatic carbocycles. The van der Waals surface area contributed by atoms with Gasteiger partial charge in [0.05, 0.1) is 5.60 Å². The van der Waals surface area contributed by atoms with Gasteiger partial charge < -0.3 is 5.11 Å². The smallest absolute Gasteiger partial charge is 0.0960 e. The van der Waals surface area contributed by atoms with Crippen molar-refractivity contribution in [2.24, 2.45) is 0 Å². The van der Waals surface area contributed by atoms with Crippen LogP contribution in [0, 0.1) is 0 Å². The van der Waals surface area contributed by atoms with Gasteiger partial charge in [-0.15, -0.1) is 11.3 Å². The number of fused-ring (bicyclic) bond motifs is 1. The van der Waals surface area contributed by atoms with Gasteiger partial charge in [-0.05, 0) is 30.9 Å². The SMILES string of the molecule is CCCCCCCC(C)(O)c1cc2ccccc2s1. The maximum atomic E-state index is 10.7. The van der Waals surface area contributed by atoms with E-state index < -0.39 is 5.60 Å². The second-order valence-electron chi connectivity index (χ2n) is 5.59. The van der Waals surface area contributed by atoms with Crippen molar-refractivity contribution >= 4 is 21.4 Å². The Morgan fingerprint density at radius 2 is 1.84 bits per heavy atom. The molecule has 0 aliphatic carbocycles. The number of hydrogen-bond donors (Lipinski definition) is 1. The Morgan fingerprint density at radius 3 is 2.58 bits per heavy atom. The van der Waals surface area contributed by atoms with Gasteiger partial charge in [0.15, 0.2) is 0 Å². The molecule has 1 N–H and O–H groups in total. The largest absolute Gasteiger partial charge is 0.385 e. The molecule has 1 atom stereocenters. The minimum Gasteiger partial charge on any atom is -0.385 e. The van der Waals surface area contributed by atoms with Gasteiger partial charge in [0.2, 0.25) is 0 Å². The fourth-order valence-electron chi connectivity index (χ4n) is 2.44. The predicted octanol–water partition coefficient (Wildman–Crippen LogP) is 5.47. The number of unbranched alkanes of at least 4 members (excludes halogenated alkanes) is 4. The Balaban J connectivity index is 1.98. The number of aliphatic hydroxyl groups is 1. The molecule has 19 heavy (non-hydrogen) atoms. The quantitative estimate of drug-likeness (QED) is 0.665. The number of thiophene rings is 1. The number of benzene rings is 1. The van der Waals surface area contributed by atoms with Gasteiger partial charge in [0.1, 0.15) is 0 Å². The first-order valence-electron chi connectivity index (χ1n) is 7.35. The van der Waals surface area contributed by atoms with Crippen LogP contribution in [0.5, 0.6) is 0 Å². The van der Waals surface area contributed by atoms with E-state index in [9.17, 15) is 5.11 Å². The van der Waals surface area contributed by atoms with Crippen molar-refractivity contribution in [1.82, 2.24) is 0 Å². The first-order chi connectivity index (χ1) is 9.13. The molecule has 1 nitrogen and oxygen atoms in total. The molecule has 2 aromatic rings. The van der Waals surface area contributed by atoms with Gasteiger partial charge in [0, 0.05) is 9.58 Å².